The molecule has 138 valence electrons. The predicted molar refractivity (Wildman–Crippen MR) is 95.7 cm³/mol. The number of aromatic nitrogens is 4. The van der Waals surface area contributed by atoms with E-state index in [0.29, 0.717) is 29.7 Å². The van der Waals surface area contributed by atoms with E-state index < -0.39 is 5.97 Å². The molecular weight excluding hydrogens is 346 g/mol. The van der Waals surface area contributed by atoms with Crippen LogP contribution < -0.4 is 0 Å². The van der Waals surface area contributed by atoms with Gasteiger partial charge in [-0.15, -0.1) is 10.2 Å². The number of methoxy groups -OCH3 is 1. The lowest BCUT2D eigenvalue weighted by Gasteiger charge is -2.45. The smallest absolute Gasteiger partial charge is 0.356 e. The number of hydrogen-bond acceptors (Lipinski definition) is 8. The van der Waals surface area contributed by atoms with E-state index >= 15 is 0 Å². The van der Waals surface area contributed by atoms with Crippen LogP contribution in [0.3, 0.4) is 0 Å². The van der Waals surface area contributed by atoms with E-state index in [2.05, 4.69) is 32.0 Å². The Hall–Kier alpha value is -3.13. The normalized spacial score (nSPS) is 15.9. The van der Waals surface area contributed by atoms with Gasteiger partial charge in [0, 0.05) is 32.0 Å². The summed E-state index contributed by atoms with van der Waals surface area (Å²) in [6.07, 6.45) is 3.32. The Morgan fingerprint density at radius 1 is 1.22 bits per heavy atom. The van der Waals surface area contributed by atoms with Gasteiger partial charge in [-0.1, -0.05) is 6.07 Å². The molecule has 8 nitrogen and oxygen atoms in total. The van der Waals surface area contributed by atoms with Gasteiger partial charge in [0.25, 0.3) is 5.89 Å². The van der Waals surface area contributed by atoms with E-state index in [9.17, 15) is 4.79 Å². The minimum atomic E-state index is -0.432. The van der Waals surface area contributed by atoms with Crippen LogP contribution in [0.25, 0.3) is 11.6 Å². The number of likely N-dealkylation sites (tertiary alicyclic amines) is 1. The Labute approximate surface area is 156 Å². The van der Waals surface area contributed by atoms with E-state index in [1.54, 1.807) is 18.5 Å². The van der Waals surface area contributed by atoms with Crippen molar-refractivity contribution < 1.29 is 13.9 Å². The van der Waals surface area contributed by atoms with E-state index in [4.69, 9.17) is 9.15 Å². The average molecular weight is 365 g/mol. The molecule has 0 saturated carbocycles. The minimum Gasteiger partial charge on any atom is -0.464 e. The minimum absolute atomic E-state index is 0.196. The van der Waals surface area contributed by atoms with E-state index in [1.807, 2.05) is 24.3 Å². The van der Waals surface area contributed by atoms with Crippen LogP contribution in [0.4, 0.5) is 0 Å². The fourth-order valence-corrected chi connectivity index (χ4v) is 3.29. The largest absolute Gasteiger partial charge is 0.464 e. The summed E-state index contributed by atoms with van der Waals surface area (Å²) in [5.41, 5.74) is 1.80. The number of carbonyl (C=O) groups excluding carboxylic acids is 1. The maximum absolute atomic E-state index is 11.6. The molecule has 27 heavy (non-hydrogen) atoms. The van der Waals surface area contributed by atoms with Crippen LogP contribution in [0.15, 0.2) is 47.1 Å². The Bertz CT molecular complexity index is 951. The summed E-state index contributed by atoms with van der Waals surface area (Å²) < 4.78 is 10.6. The van der Waals surface area contributed by atoms with Gasteiger partial charge in [0.1, 0.15) is 11.4 Å². The summed E-state index contributed by atoms with van der Waals surface area (Å²) in [5, 5.41) is 8.35. The second kappa shape index (κ2) is 6.88. The third-order valence-electron chi connectivity index (χ3n) is 4.60. The number of carbonyl (C=O) groups is 1. The molecule has 4 heterocycles. The highest BCUT2D eigenvalue weighted by Gasteiger charge is 2.44. The van der Waals surface area contributed by atoms with E-state index in [-0.39, 0.29) is 5.41 Å². The van der Waals surface area contributed by atoms with Gasteiger partial charge in [-0.2, -0.15) is 0 Å². The maximum Gasteiger partial charge on any atom is 0.356 e. The van der Waals surface area contributed by atoms with Crippen molar-refractivity contribution in [3.63, 3.8) is 0 Å². The summed E-state index contributed by atoms with van der Waals surface area (Å²) in [6, 6.07) is 9.23. The number of pyridine rings is 2. The Balaban J connectivity index is 1.41. The zero-order valence-electron chi connectivity index (χ0n) is 15.1. The van der Waals surface area contributed by atoms with Crippen molar-refractivity contribution in [2.45, 2.75) is 18.9 Å². The molecule has 8 heteroatoms. The first-order valence-electron chi connectivity index (χ1n) is 8.58. The van der Waals surface area contributed by atoms with Crippen molar-refractivity contribution in [1.29, 1.82) is 0 Å². The second-order valence-electron chi connectivity index (χ2n) is 6.87. The molecule has 0 spiro atoms. The first-order chi connectivity index (χ1) is 13.1. The van der Waals surface area contributed by atoms with Crippen LogP contribution in [-0.4, -0.2) is 51.2 Å². The molecular formula is C19H19N5O3. The van der Waals surface area contributed by atoms with E-state index in [0.717, 1.165) is 18.7 Å². The van der Waals surface area contributed by atoms with Crippen LogP contribution in [0.2, 0.25) is 0 Å². The molecule has 3 aromatic heterocycles. The van der Waals surface area contributed by atoms with Crippen LogP contribution in [0.5, 0.6) is 0 Å². The van der Waals surface area contributed by atoms with Gasteiger partial charge in [0.15, 0.2) is 0 Å². The van der Waals surface area contributed by atoms with Crippen molar-refractivity contribution in [3.05, 3.63) is 59.9 Å². The van der Waals surface area contributed by atoms with Crippen molar-refractivity contribution >= 4 is 5.97 Å². The zero-order chi connectivity index (χ0) is 18.9. The standard InChI is InChI=1S/C19H19N5O3/c1-19(18-23-22-16(27-18)14-5-3-4-7-20-14)11-24(12-19)10-13-6-8-21-15(9-13)17(25)26-2/h3-9H,10-12H2,1-2H3. The quantitative estimate of drug-likeness (QED) is 0.635. The van der Waals surface area contributed by atoms with Gasteiger partial charge in [-0.05, 0) is 36.8 Å². The molecule has 0 unspecified atom stereocenters. The number of ether oxygens (including phenoxy) is 1. The molecule has 0 aliphatic carbocycles. The maximum atomic E-state index is 11.6. The van der Waals surface area contributed by atoms with Crippen LogP contribution >= 0.6 is 0 Å². The highest BCUT2D eigenvalue weighted by atomic mass is 16.5. The molecule has 4 rings (SSSR count). The monoisotopic (exact) mass is 365 g/mol. The van der Waals surface area contributed by atoms with Gasteiger partial charge in [-0.3, -0.25) is 9.88 Å². The fraction of sp³-hybridized carbons (Fsp3) is 0.316. The SMILES string of the molecule is COC(=O)c1cc(CN2CC(C)(c3nnc(-c4ccccn4)o3)C2)ccn1. The second-order valence-corrected chi connectivity index (χ2v) is 6.87. The summed E-state index contributed by atoms with van der Waals surface area (Å²) in [4.78, 5) is 22.1. The van der Waals surface area contributed by atoms with Crippen molar-refractivity contribution in [2.24, 2.45) is 0 Å². The number of hydrogen-bond donors (Lipinski definition) is 0. The van der Waals surface area contributed by atoms with Crippen molar-refractivity contribution in [1.82, 2.24) is 25.1 Å². The van der Waals surface area contributed by atoms with Gasteiger partial charge in [0.2, 0.25) is 5.89 Å². The molecule has 0 bridgehead atoms. The molecule has 0 amide bonds. The number of rotatable bonds is 5. The highest BCUT2D eigenvalue weighted by Crippen LogP contribution is 2.35. The third-order valence-corrected chi connectivity index (χ3v) is 4.60. The van der Waals surface area contributed by atoms with Gasteiger partial charge in [-0.25, -0.2) is 9.78 Å². The summed E-state index contributed by atoms with van der Waals surface area (Å²) in [7, 11) is 1.35. The van der Waals surface area contributed by atoms with Gasteiger partial charge in [0.05, 0.1) is 12.5 Å². The molecule has 1 aliphatic rings. The fourth-order valence-electron chi connectivity index (χ4n) is 3.29. The molecule has 0 atom stereocenters. The predicted octanol–water partition coefficient (Wildman–Crippen LogP) is 2.09. The number of esters is 1. The molecule has 1 fully saturated rings. The van der Waals surface area contributed by atoms with Crippen molar-refractivity contribution in [2.75, 3.05) is 20.2 Å². The van der Waals surface area contributed by atoms with Gasteiger partial charge < -0.3 is 9.15 Å². The lowest BCUT2D eigenvalue weighted by molar-refractivity contribution is 0.0510. The van der Waals surface area contributed by atoms with Crippen LogP contribution in [-0.2, 0) is 16.7 Å². The summed E-state index contributed by atoms with van der Waals surface area (Å²) in [5.74, 6) is 0.615. The summed E-state index contributed by atoms with van der Waals surface area (Å²) in [6.45, 7) is 4.38. The highest BCUT2D eigenvalue weighted by molar-refractivity contribution is 5.87. The number of nitrogens with zero attached hydrogens (tertiary/aromatic N) is 5. The first kappa shape index (κ1) is 17.3. The third kappa shape index (κ3) is 3.43. The Morgan fingerprint density at radius 3 is 2.81 bits per heavy atom. The van der Waals surface area contributed by atoms with Gasteiger partial charge >= 0.3 is 5.97 Å². The van der Waals surface area contributed by atoms with E-state index in [1.165, 1.54) is 7.11 Å². The first-order valence-corrected chi connectivity index (χ1v) is 8.58. The molecule has 1 aliphatic heterocycles. The Morgan fingerprint density at radius 2 is 2.07 bits per heavy atom. The zero-order valence-corrected chi connectivity index (χ0v) is 15.1. The molecule has 0 radical (unpaired) electrons. The lowest BCUT2D eigenvalue weighted by atomic mass is 9.81. The average Bonchev–Trinajstić information content (AvgIpc) is 3.18. The molecule has 0 N–H and O–H groups in total. The Kier molecular flexibility index (Phi) is 4.41. The van der Waals surface area contributed by atoms with Crippen molar-refractivity contribution in [3.8, 4) is 11.6 Å². The van der Waals surface area contributed by atoms with Crippen LogP contribution in [0, 0.1) is 0 Å². The topological polar surface area (TPSA) is 94.2 Å². The molecule has 0 aromatic carbocycles. The molecule has 3 aromatic rings. The molecule has 1 saturated heterocycles. The lowest BCUT2D eigenvalue weighted by Crippen LogP contribution is -2.57. The summed E-state index contributed by atoms with van der Waals surface area (Å²) >= 11 is 0. The van der Waals surface area contributed by atoms with Crippen LogP contribution in [0.1, 0.15) is 28.9 Å².